The van der Waals surface area contributed by atoms with Gasteiger partial charge in [-0.15, -0.1) is 0 Å². The zero-order chi connectivity index (χ0) is 13.8. The van der Waals surface area contributed by atoms with Crippen LogP contribution in [0.2, 0.25) is 0 Å². The molecule has 1 saturated heterocycles. The molecule has 5 heteroatoms. The van der Waals surface area contributed by atoms with Gasteiger partial charge in [0.05, 0.1) is 19.3 Å². The average molecular weight is 265 g/mol. The molecule has 2 heterocycles. The molecule has 2 rings (SSSR count). The molecule has 0 aliphatic carbocycles. The lowest BCUT2D eigenvalue weighted by Crippen LogP contribution is -2.37. The van der Waals surface area contributed by atoms with Crippen molar-refractivity contribution in [3.05, 3.63) is 18.3 Å². The van der Waals surface area contributed by atoms with Gasteiger partial charge >= 0.3 is 0 Å². The van der Waals surface area contributed by atoms with E-state index in [2.05, 4.69) is 23.7 Å². The molecule has 0 radical (unpaired) electrons. The minimum atomic E-state index is 0.0317. The molecule has 0 aromatic carbocycles. The summed E-state index contributed by atoms with van der Waals surface area (Å²) < 4.78 is 11.0. The minimum Gasteiger partial charge on any atom is -0.486 e. The Bertz CT molecular complexity index is 396. The highest BCUT2D eigenvalue weighted by Crippen LogP contribution is 2.20. The topological polar surface area (TPSA) is 60.6 Å². The third-order valence-corrected chi connectivity index (χ3v) is 3.76. The fourth-order valence-corrected chi connectivity index (χ4v) is 2.30. The van der Waals surface area contributed by atoms with Gasteiger partial charge in [0.1, 0.15) is 11.9 Å². The summed E-state index contributed by atoms with van der Waals surface area (Å²) in [6, 6.07) is 4.26. The molecule has 1 aromatic rings. The van der Waals surface area contributed by atoms with Crippen molar-refractivity contribution < 1.29 is 9.47 Å². The van der Waals surface area contributed by atoms with Gasteiger partial charge in [-0.2, -0.15) is 0 Å². The van der Waals surface area contributed by atoms with Crippen LogP contribution in [0.15, 0.2) is 18.3 Å². The van der Waals surface area contributed by atoms with Gasteiger partial charge in [-0.1, -0.05) is 6.92 Å². The summed E-state index contributed by atoms with van der Waals surface area (Å²) in [4.78, 5) is 6.51. The first kappa shape index (κ1) is 14.1. The number of rotatable bonds is 5. The first-order chi connectivity index (χ1) is 9.13. The molecule has 3 unspecified atom stereocenters. The number of hydrogen-bond donors (Lipinski definition) is 1. The molecule has 1 aromatic heterocycles. The van der Waals surface area contributed by atoms with Gasteiger partial charge in [0.15, 0.2) is 0 Å². The van der Waals surface area contributed by atoms with Gasteiger partial charge in [0.2, 0.25) is 5.88 Å². The number of pyridine rings is 1. The van der Waals surface area contributed by atoms with Crippen LogP contribution in [0.1, 0.15) is 20.3 Å². The highest BCUT2D eigenvalue weighted by molar-refractivity contribution is 5.23. The number of methoxy groups -OCH3 is 1. The van der Waals surface area contributed by atoms with Gasteiger partial charge in [0.25, 0.3) is 0 Å². The number of nitrogens with two attached hydrogens (primary N) is 1. The van der Waals surface area contributed by atoms with Crippen molar-refractivity contribution in [2.75, 3.05) is 20.2 Å². The zero-order valence-electron chi connectivity index (χ0n) is 11.9. The lowest BCUT2D eigenvalue weighted by atomic mass is 10.2. The SMILES string of the molecule is CCC(C)N1CC(N)C(Oc2ccc(OC)nc2)C1. The third kappa shape index (κ3) is 3.36. The highest BCUT2D eigenvalue weighted by atomic mass is 16.5. The van der Waals surface area contributed by atoms with Crippen molar-refractivity contribution in [2.24, 2.45) is 5.73 Å². The summed E-state index contributed by atoms with van der Waals surface area (Å²) in [7, 11) is 1.60. The van der Waals surface area contributed by atoms with E-state index in [1.165, 1.54) is 0 Å². The second kappa shape index (κ2) is 6.21. The first-order valence-electron chi connectivity index (χ1n) is 6.80. The average Bonchev–Trinajstić information content (AvgIpc) is 2.80. The van der Waals surface area contributed by atoms with Crippen molar-refractivity contribution in [1.29, 1.82) is 0 Å². The Labute approximate surface area is 114 Å². The van der Waals surface area contributed by atoms with Crippen LogP contribution in [0.4, 0.5) is 0 Å². The predicted octanol–water partition coefficient (Wildman–Crippen LogP) is 1.28. The van der Waals surface area contributed by atoms with Gasteiger partial charge < -0.3 is 15.2 Å². The van der Waals surface area contributed by atoms with Crippen molar-refractivity contribution in [3.8, 4) is 11.6 Å². The monoisotopic (exact) mass is 265 g/mol. The maximum absolute atomic E-state index is 6.15. The number of ether oxygens (including phenoxy) is 2. The summed E-state index contributed by atoms with van der Waals surface area (Å²) in [5.74, 6) is 1.33. The second-order valence-electron chi connectivity index (χ2n) is 5.07. The Hall–Kier alpha value is -1.33. The molecule has 5 nitrogen and oxygen atoms in total. The normalized spacial score (nSPS) is 25.3. The molecule has 1 aliphatic heterocycles. The minimum absolute atomic E-state index is 0.0317. The van der Waals surface area contributed by atoms with E-state index in [1.807, 2.05) is 6.07 Å². The molecule has 0 saturated carbocycles. The van der Waals surface area contributed by atoms with Crippen LogP contribution in [0.25, 0.3) is 0 Å². The fourth-order valence-electron chi connectivity index (χ4n) is 2.30. The summed E-state index contributed by atoms with van der Waals surface area (Å²) in [5.41, 5.74) is 6.15. The van der Waals surface area contributed by atoms with Gasteiger partial charge in [-0.3, -0.25) is 4.90 Å². The van der Waals surface area contributed by atoms with E-state index in [9.17, 15) is 0 Å². The molecule has 1 fully saturated rings. The number of hydrogen-bond acceptors (Lipinski definition) is 5. The van der Waals surface area contributed by atoms with Gasteiger partial charge in [-0.25, -0.2) is 4.98 Å². The van der Waals surface area contributed by atoms with E-state index in [0.717, 1.165) is 25.3 Å². The summed E-state index contributed by atoms with van der Waals surface area (Å²) >= 11 is 0. The van der Waals surface area contributed by atoms with Crippen molar-refractivity contribution >= 4 is 0 Å². The number of aromatic nitrogens is 1. The van der Waals surface area contributed by atoms with E-state index >= 15 is 0 Å². The van der Waals surface area contributed by atoms with Crippen LogP contribution >= 0.6 is 0 Å². The largest absolute Gasteiger partial charge is 0.486 e. The highest BCUT2D eigenvalue weighted by Gasteiger charge is 2.33. The Morgan fingerprint density at radius 3 is 2.84 bits per heavy atom. The van der Waals surface area contributed by atoms with E-state index in [1.54, 1.807) is 19.4 Å². The first-order valence-corrected chi connectivity index (χ1v) is 6.80. The van der Waals surface area contributed by atoms with Crippen LogP contribution < -0.4 is 15.2 Å². The summed E-state index contributed by atoms with van der Waals surface area (Å²) in [5, 5.41) is 0. The molecule has 0 bridgehead atoms. The molecule has 0 amide bonds. The third-order valence-electron chi connectivity index (χ3n) is 3.76. The van der Waals surface area contributed by atoms with Crippen molar-refractivity contribution in [1.82, 2.24) is 9.88 Å². The Balaban J connectivity index is 1.95. The van der Waals surface area contributed by atoms with Crippen LogP contribution in [0, 0.1) is 0 Å². The number of likely N-dealkylation sites (tertiary alicyclic amines) is 1. The van der Waals surface area contributed by atoms with Crippen molar-refractivity contribution in [3.63, 3.8) is 0 Å². The van der Waals surface area contributed by atoms with E-state index < -0.39 is 0 Å². The molecule has 3 atom stereocenters. The predicted molar refractivity (Wildman–Crippen MR) is 74.5 cm³/mol. The van der Waals surface area contributed by atoms with E-state index in [4.69, 9.17) is 15.2 Å². The molecule has 106 valence electrons. The standard InChI is InChI=1S/C14H23N3O2/c1-4-10(2)17-8-12(15)13(9-17)19-11-5-6-14(18-3)16-7-11/h5-7,10,12-13H,4,8-9,15H2,1-3H3. The number of nitrogens with zero attached hydrogens (tertiary/aromatic N) is 2. The Kier molecular flexibility index (Phi) is 4.61. The van der Waals surface area contributed by atoms with Crippen molar-refractivity contribution in [2.45, 2.75) is 38.5 Å². The van der Waals surface area contributed by atoms with E-state index in [-0.39, 0.29) is 12.1 Å². The molecule has 0 spiro atoms. The van der Waals surface area contributed by atoms with E-state index in [0.29, 0.717) is 11.9 Å². The lowest BCUT2D eigenvalue weighted by molar-refractivity contribution is 0.175. The van der Waals surface area contributed by atoms with Crippen LogP contribution in [0.3, 0.4) is 0 Å². The quantitative estimate of drug-likeness (QED) is 0.869. The lowest BCUT2D eigenvalue weighted by Gasteiger charge is -2.22. The molecular weight excluding hydrogens is 242 g/mol. The van der Waals surface area contributed by atoms with Crippen LogP contribution in [-0.2, 0) is 0 Å². The maximum atomic E-state index is 6.15. The summed E-state index contributed by atoms with van der Waals surface area (Å²) in [6.07, 6.45) is 2.84. The van der Waals surface area contributed by atoms with Crippen LogP contribution in [0.5, 0.6) is 11.6 Å². The molecule has 19 heavy (non-hydrogen) atoms. The Morgan fingerprint density at radius 2 is 2.26 bits per heavy atom. The molecule has 1 aliphatic rings. The zero-order valence-corrected chi connectivity index (χ0v) is 11.9. The molecule has 2 N–H and O–H groups in total. The maximum Gasteiger partial charge on any atom is 0.213 e. The smallest absolute Gasteiger partial charge is 0.213 e. The van der Waals surface area contributed by atoms with Crippen LogP contribution in [-0.4, -0.2) is 48.3 Å². The van der Waals surface area contributed by atoms with Gasteiger partial charge in [-0.05, 0) is 19.4 Å². The van der Waals surface area contributed by atoms with Gasteiger partial charge in [0, 0.05) is 25.2 Å². The second-order valence-corrected chi connectivity index (χ2v) is 5.07. The Morgan fingerprint density at radius 1 is 1.47 bits per heavy atom. The summed E-state index contributed by atoms with van der Waals surface area (Å²) in [6.45, 7) is 6.19. The fraction of sp³-hybridized carbons (Fsp3) is 0.643. The molecular formula is C14H23N3O2.